The molecule has 0 aromatic heterocycles. The van der Waals surface area contributed by atoms with Crippen molar-refractivity contribution < 1.29 is 38.1 Å². The van der Waals surface area contributed by atoms with Crippen molar-refractivity contribution in [3.8, 4) is 11.5 Å². The van der Waals surface area contributed by atoms with E-state index in [0.717, 1.165) is 0 Å². The first kappa shape index (κ1) is 23.0. The summed E-state index contributed by atoms with van der Waals surface area (Å²) in [5.74, 6) is -0.881. The largest absolute Gasteiger partial charge is 0.493 e. The third-order valence-corrected chi connectivity index (χ3v) is 5.02. The summed E-state index contributed by atoms with van der Waals surface area (Å²) in [7, 11) is 2.62. The number of hydrogen-bond acceptors (Lipinski definition) is 8. The number of carbonyl (C=O) groups is 4. The highest BCUT2D eigenvalue weighted by Gasteiger charge is 2.35. The van der Waals surface area contributed by atoms with Gasteiger partial charge in [-0.1, -0.05) is 24.3 Å². The third kappa shape index (κ3) is 4.96. The predicted molar refractivity (Wildman–Crippen MR) is 113 cm³/mol. The molecule has 0 amide bonds. The predicted octanol–water partition coefficient (Wildman–Crippen LogP) is 3.13. The number of fused-ring (bicyclic) bond motifs is 2. The van der Waals surface area contributed by atoms with Crippen LogP contribution in [-0.4, -0.2) is 50.9 Å². The molecule has 0 N–H and O–H groups in total. The van der Waals surface area contributed by atoms with E-state index >= 15 is 0 Å². The van der Waals surface area contributed by atoms with Crippen LogP contribution in [0.25, 0.3) is 0 Å². The second-order valence-corrected chi connectivity index (χ2v) is 7.07. The smallest absolute Gasteiger partial charge is 0.305 e. The van der Waals surface area contributed by atoms with Gasteiger partial charge in [-0.25, -0.2) is 0 Å². The molecule has 3 rings (SSSR count). The van der Waals surface area contributed by atoms with Gasteiger partial charge in [0.1, 0.15) is 11.5 Å². The lowest BCUT2D eigenvalue weighted by Gasteiger charge is -2.22. The molecule has 0 radical (unpaired) electrons. The Morgan fingerprint density at radius 1 is 0.688 bits per heavy atom. The van der Waals surface area contributed by atoms with Crippen molar-refractivity contribution in [2.24, 2.45) is 0 Å². The van der Waals surface area contributed by atoms with Crippen molar-refractivity contribution in [1.82, 2.24) is 0 Å². The Bertz CT molecular complexity index is 958. The molecule has 0 fully saturated rings. The van der Waals surface area contributed by atoms with Crippen LogP contribution in [-0.2, 0) is 19.1 Å². The summed E-state index contributed by atoms with van der Waals surface area (Å²) in [4.78, 5) is 49.1. The fraction of sp³-hybridized carbons (Fsp3) is 0.333. The van der Waals surface area contributed by atoms with E-state index in [1.807, 2.05) is 0 Å². The van der Waals surface area contributed by atoms with Crippen molar-refractivity contribution in [2.75, 3.05) is 27.4 Å². The van der Waals surface area contributed by atoms with Gasteiger partial charge in [0.25, 0.3) is 0 Å². The van der Waals surface area contributed by atoms with Crippen LogP contribution < -0.4 is 9.47 Å². The minimum atomic E-state index is -0.355. The Hall–Kier alpha value is -3.68. The summed E-state index contributed by atoms with van der Waals surface area (Å²) < 4.78 is 20.7. The Morgan fingerprint density at radius 2 is 1.09 bits per heavy atom. The summed E-state index contributed by atoms with van der Waals surface area (Å²) in [6, 6.07) is 9.74. The SMILES string of the molecule is COC(=O)CCCOc1ccc(OCCCC(=O)OC)c2c1C(=O)c1ccccc1C2=O. The average Bonchev–Trinajstić information content (AvgIpc) is 2.82. The second kappa shape index (κ2) is 10.6. The monoisotopic (exact) mass is 440 g/mol. The molecule has 0 unspecified atom stereocenters. The van der Waals surface area contributed by atoms with Crippen LogP contribution in [0.3, 0.4) is 0 Å². The molecular formula is C24H24O8. The third-order valence-electron chi connectivity index (χ3n) is 5.02. The van der Waals surface area contributed by atoms with Gasteiger partial charge in [-0.3, -0.25) is 19.2 Å². The van der Waals surface area contributed by atoms with Gasteiger partial charge >= 0.3 is 11.9 Å². The van der Waals surface area contributed by atoms with E-state index in [4.69, 9.17) is 9.47 Å². The first-order chi connectivity index (χ1) is 15.5. The van der Waals surface area contributed by atoms with Crippen molar-refractivity contribution in [2.45, 2.75) is 25.7 Å². The van der Waals surface area contributed by atoms with Crippen LogP contribution in [0.4, 0.5) is 0 Å². The summed E-state index contributed by atoms with van der Waals surface area (Å²) in [6.45, 7) is 0.341. The number of esters is 2. The standard InChI is InChI=1S/C24H24O8/c1-29-19(25)9-5-13-31-17-11-12-18(32-14-6-10-20(26)30-2)22-21(17)23(27)15-7-3-4-8-16(15)24(22)28/h3-4,7-8,11-12H,5-6,9-10,13-14H2,1-2H3. The summed E-state index contributed by atoms with van der Waals surface area (Å²) in [6.07, 6.45) is 1.14. The summed E-state index contributed by atoms with van der Waals surface area (Å²) >= 11 is 0. The zero-order valence-corrected chi connectivity index (χ0v) is 18.0. The molecule has 0 spiro atoms. The van der Waals surface area contributed by atoms with Crippen LogP contribution in [0.2, 0.25) is 0 Å². The fourth-order valence-electron chi connectivity index (χ4n) is 3.41. The van der Waals surface area contributed by atoms with Crippen LogP contribution in [0.1, 0.15) is 57.5 Å². The molecule has 1 aliphatic rings. The van der Waals surface area contributed by atoms with E-state index in [1.54, 1.807) is 36.4 Å². The number of rotatable bonds is 10. The van der Waals surface area contributed by atoms with E-state index in [-0.39, 0.29) is 72.2 Å². The average molecular weight is 440 g/mol. The highest BCUT2D eigenvalue weighted by Crippen LogP contribution is 2.38. The maximum Gasteiger partial charge on any atom is 0.305 e. The first-order valence-corrected chi connectivity index (χ1v) is 10.2. The molecule has 8 nitrogen and oxygen atoms in total. The summed E-state index contributed by atoms with van der Waals surface area (Å²) in [5, 5.41) is 0. The lowest BCUT2D eigenvalue weighted by atomic mass is 9.83. The molecular weight excluding hydrogens is 416 g/mol. The second-order valence-electron chi connectivity index (χ2n) is 7.07. The molecule has 0 saturated heterocycles. The maximum absolute atomic E-state index is 13.2. The lowest BCUT2D eigenvalue weighted by Crippen LogP contribution is -2.23. The van der Waals surface area contributed by atoms with Crippen molar-refractivity contribution >= 4 is 23.5 Å². The van der Waals surface area contributed by atoms with E-state index in [9.17, 15) is 19.2 Å². The highest BCUT2D eigenvalue weighted by molar-refractivity contribution is 6.30. The molecule has 0 aliphatic heterocycles. The Kier molecular flexibility index (Phi) is 7.59. The van der Waals surface area contributed by atoms with Gasteiger partial charge in [-0.05, 0) is 25.0 Å². The van der Waals surface area contributed by atoms with Gasteiger partial charge < -0.3 is 18.9 Å². The van der Waals surface area contributed by atoms with Crippen LogP contribution >= 0.6 is 0 Å². The Morgan fingerprint density at radius 3 is 1.47 bits per heavy atom. The molecule has 32 heavy (non-hydrogen) atoms. The molecule has 0 saturated carbocycles. The first-order valence-electron chi connectivity index (χ1n) is 10.2. The van der Waals surface area contributed by atoms with Gasteiger partial charge in [0.05, 0.1) is 38.6 Å². The zero-order valence-electron chi connectivity index (χ0n) is 18.0. The number of ether oxygens (including phenoxy) is 4. The minimum absolute atomic E-state index is 0.136. The van der Waals surface area contributed by atoms with Crippen molar-refractivity contribution in [3.05, 3.63) is 58.7 Å². The molecule has 0 bridgehead atoms. The van der Waals surface area contributed by atoms with E-state index < -0.39 is 0 Å². The number of benzene rings is 2. The molecule has 0 heterocycles. The Labute approximate surface area is 185 Å². The highest BCUT2D eigenvalue weighted by atomic mass is 16.5. The molecule has 2 aromatic carbocycles. The van der Waals surface area contributed by atoms with Gasteiger partial charge in [-0.2, -0.15) is 0 Å². The number of hydrogen-bond donors (Lipinski definition) is 0. The maximum atomic E-state index is 13.2. The topological polar surface area (TPSA) is 105 Å². The van der Waals surface area contributed by atoms with E-state index in [0.29, 0.717) is 24.0 Å². The quantitative estimate of drug-likeness (QED) is 0.350. The molecule has 8 heteroatoms. The lowest BCUT2D eigenvalue weighted by molar-refractivity contribution is -0.141. The summed E-state index contributed by atoms with van der Waals surface area (Å²) in [5.41, 5.74) is 0.869. The van der Waals surface area contributed by atoms with Gasteiger partial charge in [0.15, 0.2) is 11.6 Å². The Balaban J connectivity index is 1.87. The van der Waals surface area contributed by atoms with Crippen LogP contribution in [0, 0.1) is 0 Å². The normalized spacial score (nSPS) is 11.9. The zero-order chi connectivity index (χ0) is 23.1. The van der Waals surface area contributed by atoms with Crippen LogP contribution in [0.15, 0.2) is 36.4 Å². The van der Waals surface area contributed by atoms with E-state index in [2.05, 4.69) is 9.47 Å². The van der Waals surface area contributed by atoms with Gasteiger partial charge in [0, 0.05) is 24.0 Å². The minimum Gasteiger partial charge on any atom is -0.493 e. The molecule has 1 aliphatic carbocycles. The fourth-order valence-corrected chi connectivity index (χ4v) is 3.41. The molecule has 2 aromatic rings. The van der Waals surface area contributed by atoms with Gasteiger partial charge in [-0.15, -0.1) is 0 Å². The number of carbonyl (C=O) groups excluding carboxylic acids is 4. The molecule has 0 atom stereocenters. The van der Waals surface area contributed by atoms with E-state index in [1.165, 1.54) is 14.2 Å². The molecule has 168 valence electrons. The van der Waals surface area contributed by atoms with Crippen molar-refractivity contribution in [3.63, 3.8) is 0 Å². The van der Waals surface area contributed by atoms with Crippen molar-refractivity contribution in [1.29, 1.82) is 0 Å². The van der Waals surface area contributed by atoms with Crippen LogP contribution in [0.5, 0.6) is 11.5 Å². The number of ketones is 2. The van der Waals surface area contributed by atoms with Gasteiger partial charge in [0.2, 0.25) is 0 Å². The number of methoxy groups -OCH3 is 2.